The Morgan fingerprint density at radius 1 is 1.50 bits per heavy atom. The van der Waals surface area contributed by atoms with Gasteiger partial charge in [-0.2, -0.15) is 0 Å². The van der Waals surface area contributed by atoms with Gasteiger partial charge in [0.25, 0.3) is 0 Å². The number of aryl methyl sites for hydroxylation is 1. The van der Waals surface area contributed by atoms with Crippen molar-refractivity contribution in [1.82, 2.24) is 0 Å². The molecule has 0 fully saturated rings. The lowest BCUT2D eigenvalue weighted by Gasteiger charge is -2.14. The summed E-state index contributed by atoms with van der Waals surface area (Å²) < 4.78 is 5.67. The zero-order chi connectivity index (χ0) is 10.1. The Morgan fingerprint density at radius 3 is 3.07 bits per heavy atom. The lowest BCUT2D eigenvalue weighted by Crippen LogP contribution is -2.09. The maximum atomic E-state index is 6.05. The average Bonchev–Trinajstić information content (AvgIpc) is 2.29. The molecule has 14 heavy (non-hydrogen) atoms. The summed E-state index contributed by atoms with van der Waals surface area (Å²) in [6.45, 7) is 2.76. The van der Waals surface area contributed by atoms with Crippen molar-refractivity contribution in [2.24, 2.45) is 5.73 Å². The van der Waals surface area contributed by atoms with E-state index in [1.807, 2.05) is 19.1 Å². The highest BCUT2D eigenvalue weighted by molar-refractivity contribution is 6.30. The summed E-state index contributed by atoms with van der Waals surface area (Å²) in [5, 5.41) is 0.738. The Hall–Kier alpha value is -0.730. The number of fused-ring (bicyclic) bond motifs is 1. The highest BCUT2D eigenvalue weighted by Gasteiger charge is 2.18. The van der Waals surface area contributed by atoms with Gasteiger partial charge in [-0.25, -0.2) is 0 Å². The number of hydrogen-bond acceptors (Lipinski definition) is 2. The molecule has 0 radical (unpaired) electrons. The topological polar surface area (TPSA) is 35.2 Å². The van der Waals surface area contributed by atoms with Gasteiger partial charge in [0.05, 0.1) is 6.61 Å². The van der Waals surface area contributed by atoms with E-state index in [0.717, 1.165) is 41.3 Å². The third-order valence-electron chi connectivity index (χ3n) is 2.57. The van der Waals surface area contributed by atoms with E-state index >= 15 is 0 Å². The zero-order valence-corrected chi connectivity index (χ0v) is 8.97. The van der Waals surface area contributed by atoms with Crippen LogP contribution in [0.3, 0.4) is 0 Å². The van der Waals surface area contributed by atoms with Gasteiger partial charge in [-0.15, -0.1) is 0 Å². The molecule has 3 heteroatoms. The second-order valence-corrected chi connectivity index (χ2v) is 4.17. The predicted octanol–water partition coefficient (Wildman–Crippen LogP) is 2.82. The first-order chi connectivity index (χ1) is 6.68. The molecule has 1 aliphatic heterocycles. The first-order valence-corrected chi connectivity index (χ1v) is 5.24. The van der Waals surface area contributed by atoms with Crippen molar-refractivity contribution in [2.75, 3.05) is 6.61 Å². The standard InChI is InChI=1S/C11H14ClNO/c1-7-5-8(12)6-9-10(13)3-2-4-14-11(7)9/h5-6,10H,2-4,13H2,1H3. The number of hydrogen-bond donors (Lipinski definition) is 1. The number of ether oxygens (including phenoxy) is 1. The smallest absolute Gasteiger partial charge is 0.127 e. The zero-order valence-electron chi connectivity index (χ0n) is 8.22. The monoisotopic (exact) mass is 211 g/mol. The molecular weight excluding hydrogens is 198 g/mol. The molecule has 0 bridgehead atoms. The van der Waals surface area contributed by atoms with Crippen molar-refractivity contribution >= 4 is 11.6 Å². The summed E-state index contributed by atoms with van der Waals surface area (Å²) >= 11 is 5.99. The van der Waals surface area contributed by atoms with Crippen molar-refractivity contribution in [2.45, 2.75) is 25.8 Å². The van der Waals surface area contributed by atoms with Crippen molar-refractivity contribution in [3.63, 3.8) is 0 Å². The molecule has 2 N–H and O–H groups in total. The van der Waals surface area contributed by atoms with Gasteiger partial charge in [0, 0.05) is 16.6 Å². The van der Waals surface area contributed by atoms with Crippen LogP contribution in [0.4, 0.5) is 0 Å². The Balaban J connectivity index is 2.53. The van der Waals surface area contributed by atoms with Crippen LogP contribution >= 0.6 is 11.6 Å². The molecule has 1 heterocycles. The van der Waals surface area contributed by atoms with E-state index in [1.165, 1.54) is 0 Å². The van der Waals surface area contributed by atoms with Gasteiger partial charge in [0.1, 0.15) is 5.75 Å². The SMILES string of the molecule is Cc1cc(Cl)cc2c1OCCCC2N. The maximum absolute atomic E-state index is 6.05. The minimum Gasteiger partial charge on any atom is -0.493 e. The second-order valence-electron chi connectivity index (χ2n) is 3.74. The van der Waals surface area contributed by atoms with Gasteiger partial charge in [-0.3, -0.25) is 0 Å². The predicted molar refractivity (Wildman–Crippen MR) is 57.8 cm³/mol. The Kier molecular flexibility index (Phi) is 2.66. The van der Waals surface area contributed by atoms with Gasteiger partial charge in [-0.05, 0) is 37.5 Å². The van der Waals surface area contributed by atoms with E-state index < -0.39 is 0 Å². The Bertz CT molecular complexity index is 351. The molecule has 76 valence electrons. The van der Waals surface area contributed by atoms with E-state index in [0.29, 0.717) is 0 Å². The van der Waals surface area contributed by atoms with Crippen LogP contribution in [-0.4, -0.2) is 6.61 Å². The molecule has 0 aliphatic carbocycles. The molecule has 0 aromatic heterocycles. The quantitative estimate of drug-likeness (QED) is 0.716. The third-order valence-corrected chi connectivity index (χ3v) is 2.79. The van der Waals surface area contributed by atoms with Crippen molar-refractivity contribution < 1.29 is 4.74 Å². The van der Waals surface area contributed by atoms with Crippen LogP contribution in [0.2, 0.25) is 5.02 Å². The molecule has 2 rings (SSSR count). The molecule has 2 nitrogen and oxygen atoms in total. The lowest BCUT2D eigenvalue weighted by atomic mass is 10.0. The normalized spacial score (nSPS) is 20.9. The first kappa shape index (κ1) is 9.81. The van der Waals surface area contributed by atoms with Gasteiger partial charge >= 0.3 is 0 Å². The van der Waals surface area contributed by atoms with E-state index in [1.54, 1.807) is 0 Å². The number of rotatable bonds is 0. The van der Waals surface area contributed by atoms with E-state index in [-0.39, 0.29) is 6.04 Å². The van der Waals surface area contributed by atoms with Crippen LogP contribution in [0, 0.1) is 6.92 Å². The summed E-state index contributed by atoms with van der Waals surface area (Å²) in [5.41, 5.74) is 8.17. The largest absolute Gasteiger partial charge is 0.493 e. The van der Waals surface area contributed by atoms with Crippen LogP contribution < -0.4 is 10.5 Å². The third kappa shape index (κ3) is 1.72. The summed E-state index contributed by atoms with van der Waals surface area (Å²) in [6.07, 6.45) is 1.97. The molecule has 1 atom stereocenters. The van der Waals surface area contributed by atoms with Crippen molar-refractivity contribution in [3.05, 3.63) is 28.3 Å². The number of halogens is 1. The minimum atomic E-state index is 0.0601. The molecule has 1 aromatic carbocycles. The van der Waals surface area contributed by atoms with Gasteiger partial charge < -0.3 is 10.5 Å². The Labute approximate surface area is 89.0 Å². The van der Waals surface area contributed by atoms with Crippen LogP contribution in [0.1, 0.15) is 30.0 Å². The fourth-order valence-corrected chi connectivity index (χ4v) is 2.14. The van der Waals surface area contributed by atoms with Gasteiger partial charge in [0.2, 0.25) is 0 Å². The summed E-state index contributed by atoms with van der Waals surface area (Å²) in [4.78, 5) is 0. The lowest BCUT2D eigenvalue weighted by molar-refractivity contribution is 0.314. The van der Waals surface area contributed by atoms with Crippen molar-refractivity contribution in [3.8, 4) is 5.75 Å². The molecule has 0 saturated carbocycles. The van der Waals surface area contributed by atoms with Crippen LogP contribution in [0.25, 0.3) is 0 Å². The van der Waals surface area contributed by atoms with Crippen LogP contribution in [0.5, 0.6) is 5.75 Å². The average molecular weight is 212 g/mol. The molecular formula is C11H14ClNO. The summed E-state index contributed by atoms with van der Waals surface area (Å²) in [7, 11) is 0. The number of benzene rings is 1. The molecule has 0 amide bonds. The van der Waals surface area contributed by atoms with Gasteiger partial charge in [0.15, 0.2) is 0 Å². The highest BCUT2D eigenvalue weighted by atomic mass is 35.5. The molecule has 1 unspecified atom stereocenters. The van der Waals surface area contributed by atoms with Crippen molar-refractivity contribution in [1.29, 1.82) is 0 Å². The van der Waals surface area contributed by atoms with Crippen LogP contribution in [0.15, 0.2) is 12.1 Å². The molecule has 1 aromatic rings. The number of nitrogens with two attached hydrogens (primary N) is 1. The fraction of sp³-hybridized carbons (Fsp3) is 0.455. The molecule has 0 saturated heterocycles. The summed E-state index contributed by atoms with van der Waals surface area (Å²) in [5.74, 6) is 0.930. The molecule has 1 aliphatic rings. The minimum absolute atomic E-state index is 0.0601. The van der Waals surface area contributed by atoms with Crippen LogP contribution in [-0.2, 0) is 0 Å². The second kappa shape index (κ2) is 3.79. The van der Waals surface area contributed by atoms with E-state index in [2.05, 4.69) is 0 Å². The highest BCUT2D eigenvalue weighted by Crippen LogP contribution is 2.35. The first-order valence-electron chi connectivity index (χ1n) is 4.87. The maximum Gasteiger partial charge on any atom is 0.127 e. The summed E-state index contributed by atoms with van der Waals surface area (Å²) in [6, 6.07) is 3.89. The Morgan fingerprint density at radius 2 is 2.29 bits per heavy atom. The van der Waals surface area contributed by atoms with Gasteiger partial charge in [-0.1, -0.05) is 11.6 Å². The fourth-order valence-electron chi connectivity index (χ4n) is 1.86. The van der Waals surface area contributed by atoms with E-state index in [4.69, 9.17) is 22.1 Å². The van der Waals surface area contributed by atoms with E-state index in [9.17, 15) is 0 Å². The molecule has 0 spiro atoms.